The highest BCUT2D eigenvalue weighted by molar-refractivity contribution is 6.55. The van der Waals surface area contributed by atoms with E-state index in [9.17, 15) is 4.79 Å². The van der Waals surface area contributed by atoms with Gasteiger partial charge in [0.2, 0.25) is 0 Å². The van der Waals surface area contributed by atoms with E-state index in [1.54, 1.807) is 11.0 Å². The Kier molecular flexibility index (Phi) is 4.42. The third-order valence-electron chi connectivity index (χ3n) is 4.10. The highest BCUT2D eigenvalue weighted by Gasteiger charge is 2.35. The number of fused-ring (bicyclic) bond motifs is 1. The average molecular weight is 363 g/mol. The number of carbonyl (C=O) groups excluding carboxylic acids is 1. The molecule has 0 spiro atoms. The molecule has 128 valence electrons. The van der Waals surface area contributed by atoms with Crippen LogP contribution < -0.4 is 4.90 Å². The molecule has 0 atom stereocenters. The first kappa shape index (κ1) is 16.4. The van der Waals surface area contributed by atoms with E-state index in [0.29, 0.717) is 10.7 Å². The van der Waals surface area contributed by atoms with Crippen LogP contribution in [0.25, 0.3) is 0 Å². The van der Waals surface area contributed by atoms with Crippen molar-refractivity contribution in [1.82, 2.24) is 0 Å². The first-order chi connectivity index (χ1) is 12.7. The molecule has 0 aliphatic carbocycles. The number of carbonyl (C=O) groups is 1. The summed E-state index contributed by atoms with van der Waals surface area (Å²) in [5.41, 5.74) is 3.54. The zero-order valence-corrected chi connectivity index (χ0v) is 14.6. The van der Waals surface area contributed by atoms with Crippen LogP contribution in [0, 0.1) is 0 Å². The van der Waals surface area contributed by atoms with Gasteiger partial charge in [0.1, 0.15) is 6.61 Å². The predicted molar refractivity (Wildman–Crippen MR) is 103 cm³/mol. The van der Waals surface area contributed by atoms with E-state index < -0.39 is 0 Å². The normalized spacial score (nSPS) is 14.6. The zero-order valence-electron chi connectivity index (χ0n) is 13.8. The number of nitrogens with zero attached hydrogens (tertiary/aromatic N) is 2. The summed E-state index contributed by atoms with van der Waals surface area (Å²) < 4.78 is 0. The quantitative estimate of drug-likeness (QED) is 0.617. The molecule has 0 saturated heterocycles. The van der Waals surface area contributed by atoms with Gasteiger partial charge in [-0.3, -0.25) is 9.69 Å². The smallest absolute Gasteiger partial charge is 0.285 e. The number of rotatable bonds is 4. The van der Waals surface area contributed by atoms with Gasteiger partial charge in [0.15, 0.2) is 5.71 Å². The van der Waals surface area contributed by atoms with Crippen LogP contribution in [-0.2, 0) is 16.2 Å². The Bertz CT molecular complexity index is 986. The molecule has 1 aliphatic heterocycles. The van der Waals surface area contributed by atoms with Crippen LogP contribution in [0.3, 0.4) is 0 Å². The molecule has 4 rings (SSSR count). The van der Waals surface area contributed by atoms with Gasteiger partial charge in [-0.2, -0.15) is 0 Å². The van der Waals surface area contributed by atoms with E-state index in [0.717, 1.165) is 22.5 Å². The van der Waals surface area contributed by atoms with Crippen LogP contribution in [0.1, 0.15) is 11.1 Å². The Morgan fingerprint density at radius 2 is 1.69 bits per heavy atom. The molecule has 3 aromatic rings. The lowest BCUT2D eigenvalue weighted by molar-refractivity contribution is -0.111. The number of amides is 1. The van der Waals surface area contributed by atoms with E-state index in [2.05, 4.69) is 5.16 Å². The number of para-hydroxylation sites is 2. The minimum absolute atomic E-state index is 0.205. The van der Waals surface area contributed by atoms with E-state index in [1.165, 1.54) is 0 Å². The van der Waals surface area contributed by atoms with Crippen LogP contribution in [-0.4, -0.2) is 11.6 Å². The van der Waals surface area contributed by atoms with Crippen molar-refractivity contribution >= 4 is 34.6 Å². The first-order valence-corrected chi connectivity index (χ1v) is 8.55. The maximum absolute atomic E-state index is 13.0. The lowest BCUT2D eigenvalue weighted by Gasteiger charge is -2.16. The minimum atomic E-state index is -0.205. The Hall–Kier alpha value is -3.11. The third kappa shape index (κ3) is 3.07. The number of benzene rings is 3. The van der Waals surface area contributed by atoms with Gasteiger partial charge in [0, 0.05) is 16.3 Å². The SMILES string of the molecule is O=C1/C(=N/OCc2cccc(Cl)c2)c2ccccc2N1c1ccccc1. The molecule has 0 saturated carbocycles. The maximum atomic E-state index is 13.0. The van der Waals surface area contributed by atoms with Crippen LogP contribution >= 0.6 is 11.6 Å². The lowest BCUT2D eigenvalue weighted by Crippen LogP contribution is -2.25. The molecule has 0 fully saturated rings. The summed E-state index contributed by atoms with van der Waals surface area (Å²) in [5.74, 6) is -0.205. The molecule has 1 aliphatic rings. The summed E-state index contributed by atoms with van der Waals surface area (Å²) in [6.07, 6.45) is 0. The summed E-state index contributed by atoms with van der Waals surface area (Å²) in [4.78, 5) is 20.1. The Morgan fingerprint density at radius 3 is 2.50 bits per heavy atom. The molecule has 0 aromatic heterocycles. The molecule has 3 aromatic carbocycles. The second-order valence-corrected chi connectivity index (χ2v) is 6.27. The van der Waals surface area contributed by atoms with Crippen LogP contribution in [0.15, 0.2) is 84.0 Å². The summed E-state index contributed by atoms with van der Waals surface area (Å²) in [7, 11) is 0. The summed E-state index contributed by atoms with van der Waals surface area (Å²) in [6.45, 7) is 0.241. The fraction of sp³-hybridized carbons (Fsp3) is 0.0476. The summed E-state index contributed by atoms with van der Waals surface area (Å²) >= 11 is 5.98. The van der Waals surface area contributed by atoms with E-state index in [4.69, 9.17) is 16.4 Å². The fourth-order valence-electron chi connectivity index (χ4n) is 2.92. The van der Waals surface area contributed by atoms with Gasteiger partial charge in [0.05, 0.1) is 5.69 Å². The van der Waals surface area contributed by atoms with Crippen molar-refractivity contribution in [3.63, 3.8) is 0 Å². The van der Waals surface area contributed by atoms with E-state index in [1.807, 2.05) is 72.8 Å². The van der Waals surface area contributed by atoms with Crippen LogP contribution in [0.5, 0.6) is 0 Å². The number of halogens is 1. The largest absolute Gasteiger partial charge is 0.390 e. The maximum Gasteiger partial charge on any atom is 0.285 e. The van der Waals surface area contributed by atoms with Gasteiger partial charge in [0.25, 0.3) is 5.91 Å². The molecular weight excluding hydrogens is 348 g/mol. The molecule has 0 bridgehead atoms. The average Bonchev–Trinajstić information content (AvgIpc) is 2.94. The molecule has 5 heteroatoms. The van der Waals surface area contributed by atoms with Crippen molar-refractivity contribution in [1.29, 1.82) is 0 Å². The minimum Gasteiger partial charge on any atom is -0.390 e. The van der Waals surface area contributed by atoms with Gasteiger partial charge in [-0.15, -0.1) is 0 Å². The van der Waals surface area contributed by atoms with Crippen molar-refractivity contribution in [2.24, 2.45) is 5.16 Å². The number of hydrogen-bond donors (Lipinski definition) is 0. The molecule has 1 amide bonds. The molecule has 0 N–H and O–H groups in total. The molecular formula is C21H15ClN2O2. The molecule has 1 heterocycles. The summed E-state index contributed by atoms with van der Waals surface area (Å²) in [6, 6.07) is 24.4. The third-order valence-corrected chi connectivity index (χ3v) is 4.33. The van der Waals surface area contributed by atoms with Crippen molar-refractivity contribution in [2.45, 2.75) is 6.61 Å². The second kappa shape index (κ2) is 7.02. The monoisotopic (exact) mass is 362 g/mol. The van der Waals surface area contributed by atoms with Crippen molar-refractivity contribution in [2.75, 3.05) is 4.90 Å². The number of anilines is 2. The first-order valence-electron chi connectivity index (χ1n) is 8.17. The van der Waals surface area contributed by atoms with Crippen molar-refractivity contribution in [3.05, 3.63) is 95.0 Å². The predicted octanol–water partition coefficient (Wildman–Crippen LogP) is 4.94. The van der Waals surface area contributed by atoms with E-state index in [-0.39, 0.29) is 12.5 Å². The second-order valence-electron chi connectivity index (χ2n) is 5.84. The van der Waals surface area contributed by atoms with Gasteiger partial charge < -0.3 is 4.84 Å². The molecule has 0 radical (unpaired) electrons. The standard InChI is InChI=1S/C21H15ClN2O2/c22-16-8-6-7-15(13-16)14-26-23-20-18-11-4-5-12-19(18)24(21(20)25)17-9-2-1-3-10-17/h1-13H,14H2/b23-20+. The Labute approximate surface area is 156 Å². The van der Waals surface area contributed by atoms with Crippen molar-refractivity contribution < 1.29 is 9.63 Å². The molecule has 4 nitrogen and oxygen atoms in total. The topological polar surface area (TPSA) is 41.9 Å². The molecule has 0 unspecified atom stereocenters. The fourth-order valence-corrected chi connectivity index (χ4v) is 3.13. The van der Waals surface area contributed by atoms with Gasteiger partial charge in [-0.05, 0) is 35.9 Å². The summed E-state index contributed by atoms with van der Waals surface area (Å²) in [5, 5.41) is 4.76. The van der Waals surface area contributed by atoms with E-state index >= 15 is 0 Å². The Balaban J connectivity index is 1.63. The zero-order chi connectivity index (χ0) is 17.9. The molecule has 26 heavy (non-hydrogen) atoms. The van der Waals surface area contributed by atoms with Gasteiger partial charge >= 0.3 is 0 Å². The highest BCUT2D eigenvalue weighted by atomic mass is 35.5. The van der Waals surface area contributed by atoms with Gasteiger partial charge in [-0.1, -0.05) is 65.3 Å². The number of oxime groups is 1. The Morgan fingerprint density at radius 1 is 0.923 bits per heavy atom. The van der Waals surface area contributed by atoms with Crippen LogP contribution in [0.2, 0.25) is 5.02 Å². The number of hydrogen-bond acceptors (Lipinski definition) is 3. The highest BCUT2D eigenvalue weighted by Crippen LogP contribution is 2.35. The lowest BCUT2D eigenvalue weighted by atomic mass is 10.1. The van der Waals surface area contributed by atoms with Crippen LogP contribution in [0.4, 0.5) is 11.4 Å². The van der Waals surface area contributed by atoms with Crippen molar-refractivity contribution in [3.8, 4) is 0 Å². The van der Waals surface area contributed by atoms with Gasteiger partial charge in [-0.25, -0.2) is 0 Å².